The molecule has 0 saturated carbocycles. The lowest BCUT2D eigenvalue weighted by molar-refractivity contribution is -0.140. The molecule has 0 aliphatic carbocycles. The number of rotatable bonds is 56. The van der Waals surface area contributed by atoms with Crippen molar-refractivity contribution in [2.24, 2.45) is 0 Å². The van der Waals surface area contributed by atoms with Gasteiger partial charge in [0.15, 0.2) is 11.5 Å². The largest absolute Gasteiger partial charge is 0.494 e. The van der Waals surface area contributed by atoms with Gasteiger partial charge in [-0.2, -0.15) is 0 Å². The Hall–Kier alpha value is -5.72. The molecule has 0 aliphatic rings. The van der Waals surface area contributed by atoms with Crippen molar-refractivity contribution >= 4 is 11.9 Å². The second-order valence-corrected chi connectivity index (χ2v) is 23.0. The zero-order chi connectivity index (χ0) is 61.2. The summed E-state index contributed by atoms with van der Waals surface area (Å²) in [6.07, 6.45) is 38.3. The maximum absolute atomic E-state index is 13.9. The van der Waals surface area contributed by atoms with Gasteiger partial charge in [0, 0.05) is 5.57 Å². The van der Waals surface area contributed by atoms with Crippen molar-refractivity contribution in [3.63, 3.8) is 0 Å². The number of ether oxygens (including phenoxy) is 10. The molecule has 0 bridgehead atoms. The molecule has 0 saturated heterocycles. The molecule has 4 aromatic carbocycles. The first-order valence-corrected chi connectivity index (χ1v) is 33.7. The number of carbonyl (C=O) groups is 2. The normalized spacial score (nSPS) is 11.1. The Morgan fingerprint density at radius 3 is 0.953 bits per heavy atom. The van der Waals surface area contributed by atoms with Gasteiger partial charge in [0.1, 0.15) is 50.3 Å². The second-order valence-electron chi connectivity index (χ2n) is 23.0. The summed E-state index contributed by atoms with van der Waals surface area (Å²) >= 11 is 0. The summed E-state index contributed by atoms with van der Waals surface area (Å²) in [5, 5.41) is 0. The Balaban J connectivity index is 1.43. The van der Waals surface area contributed by atoms with Crippen LogP contribution in [0, 0.1) is 0 Å². The number of hydrogen-bond acceptors (Lipinski definition) is 12. The average molecular weight is 1190 g/mol. The van der Waals surface area contributed by atoms with E-state index in [2.05, 4.69) is 27.4 Å². The minimum Gasteiger partial charge on any atom is -0.494 e. The highest BCUT2D eigenvalue weighted by atomic mass is 16.6. The van der Waals surface area contributed by atoms with Crippen LogP contribution in [0.3, 0.4) is 0 Å². The van der Waals surface area contributed by atoms with Gasteiger partial charge in [0.05, 0.1) is 51.8 Å². The van der Waals surface area contributed by atoms with Gasteiger partial charge in [-0.3, -0.25) is 0 Å². The molecule has 0 fully saturated rings. The minimum atomic E-state index is -0.577. The fourth-order valence-corrected chi connectivity index (χ4v) is 9.83. The number of esters is 2. The topological polar surface area (TPSA) is 126 Å². The van der Waals surface area contributed by atoms with Crippen molar-refractivity contribution in [3.05, 3.63) is 119 Å². The first-order chi connectivity index (χ1) is 42.3. The van der Waals surface area contributed by atoms with Crippen LogP contribution >= 0.6 is 0 Å². The molecule has 0 N–H and O–H groups in total. The molecule has 4 rings (SSSR count). The van der Waals surface area contributed by atoms with Crippen LogP contribution in [0.15, 0.2) is 97.1 Å². The van der Waals surface area contributed by atoms with E-state index in [0.29, 0.717) is 42.6 Å². The molecule has 0 amide bonds. The molecule has 0 aromatic heterocycles. The quantitative estimate of drug-likeness (QED) is 0.0237. The van der Waals surface area contributed by atoms with Crippen LogP contribution < -0.4 is 28.4 Å². The van der Waals surface area contributed by atoms with Crippen molar-refractivity contribution in [3.8, 4) is 34.5 Å². The highest BCUT2D eigenvalue weighted by Crippen LogP contribution is 2.41. The number of unbranched alkanes of at least 4 members (excludes halogenated alkanes) is 27. The highest BCUT2D eigenvalue weighted by Gasteiger charge is 2.21. The van der Waals surface area contributed by atoms with Crippen molar-refractivity contribution in [1.82, 2.24) is 0 Å². The molecule has 0 aliphatic heterocycles. The lowest BCUT2D eigenvalue weighted by Gasteiger charge is -2.19. The van der Waals surface area contributed by atoms with Gasteiger partial charge in [-0.25, -0.2) is 9.59 Å². The van der Waals surface area contributed by atoms with Gasteiger partial charge in [-0.05, 0) is 91.4 Å². The highest BCUT2D eigenvalue weighted by molar-refractivity contribution is 5.91. The number of carbonyl (C=O) groups excluding carboxylic acids is 2. The molecule has 0 radical (unpaired) electrons. The summed E-state index contributed by atoms with van der Waals surface area (Å²) in [6.45, 7) is 15.6. The standard InChI is InChI=1S/C74H112O12/c1-6-9-12-15-18-21-24-27-30-33-48-79-67-42-36-63(37-43-67)59-84-70-57-66(74(76)83-56-54-78-52-51-77-53-55-82-73(75)62(4)5)58-71(85-60-64-38-44-68(45-39-64)80-49-34-31-28-25-22-19-16-13-10-7-2)72(70)86-61-65-40-46-69(47-41-65)81-50-35-32-29-26-23-20-17-14-11-8-3/h36-47,57-58H,4,6-35,48-56,59-61H2,1-3,5H3. The van der Waals surface area contributed by atoms with Crippen molar-refractivity contribution in [2.45, 2.75) is 240 Å². The molecule has 480 valence electrons. The molecule has 12 heteroatoms. The van der Waals surface area contributed by atoms with Gasteiger partial charge in [0.2, 0.25) is 5.75 Å². The Bertz CT molecular complexity index is 2220. The Labute approximate surface area is 520 Å². The first kappa shape index (κ1) is 72.8. The molecule has 0 atom stereocenters. The van der Waals surface area contributed by atoms with E-state index in [4.69, 9.17) is 47.4 Å². The van der Waals surface area contributed by atoms with Gasteiger partial charge < -0.3 is 47.4 Å². The van der Waals surface area contributed by atoms with Gasteiger partial charge in [-0.1, -0.05) is 237 Å². The molecular formula is C74H112O12. The summed E-state index contributed by atoms with van der Waals surface area (Å²) in [6, 6.07) is 27.2. The molecule has 4 aromatic rings. The third-order valence-corrected chi connectivity index (χ3v) is 15.1. The van der Waals surface area contributed by atoms with E-state index in [9.17, 15) is 9.59 Å². The van der Waals surface area contributed by atoms with E-state index >= 15 is 0 Å². The molecule has 86 heavy (non-hydrogen) atoms. The number of hydrogen-bond donors (Lipinski definition) is 0. The smallest absolute Gasteiger partial charge is 0.338 e. The van der Waals surface area contributed by atoms with Crippen molar-refractivity contribution in [2.75, 3.05) is 59.5 Å². The van der Waals surface area contributed by atoms with Crippen LogP contribution in [0.5, 0.6) is 34.5 Å². The van der Waals surface area contributed by atoms with Crippen LogP contribution in [0.2, 0.25) is 0 Å². The summed E-state index contributed by atoms with van der Waals surface area (Å²) in [5.74, 6) is 2.43. The maximum Gasteiger partial charge on any atom is 0.338 e. The second kappa shape index (κ2) is 49.3. The fraction of sp³-hybridized carbons (Fsp3) is 0.622. The Kier molecular flexibility index (Phi) is 41.7. The van der Waals surface area contributed by atoms with Gasteiger partial charge >= 0.3 is 11.9 Å². The van der Waals surface area contributed by atoms with E-state index < -0.39 is 11.9 Å². The summed E-state index contributed by atoms with van der Waals surface area (Å²) in [7, 11) is 0. The van der Waals surface area contributed by atoms with E-state index in [1.54, 1.807) is 19.1 Å². The third-order valence-electron chi connectivity index (χ3n) is 15.1. The molecule has 0 heterocycles. The SMILES string of the molecule is C=C(C)C(=O)OCCOCCOCCOC(=O)c1cc(OCc2ccc(OCCCCCCCCCCCC)cc2)c(OCc2ccc(OCCCCCCCCCCCC)cc2)c(OCc2ccc(OCCCCCCCCCCCC)cc2)c1. The zero-order valence-electron chi connectivity index (χ0n) is 53.9. The van der Waals surface area contributed by atoms with Gasteiger partial charge in [-0.15, -0.1) is 0 Å². The summed E-state index contributed by atoms with van der Waals surface area (Å²) < 4.78 is 60.3. The predicted octanol–water partition coefficient (Wildman–Crippen LogP) is 19.6. The van der Waals surface area contributed by atoms with Crippen molar-refractivity contribution < 1.29 is 57.0 Å². The molecule has 0 spiro atoms. The first-order valence-electron chi connectivity index (χ1n) is 33.7. The Morgan fingerprint density at radius 1 is 0.337 bits per heavy atom. The minimum absolute atomic E-state index is 0.000118. The van der Waals surface area contributed by atoms with E-state index in [1.165, 1.54) is 173 Å². The lowest BCUT2D eigenvalue weighted by Crippen LogP contribution is -2.15. The monoisotopic (exact) mass is 1190 g/mol. The van der Waals surface area contributed by atoms with Crippen LogP contribution in [0.25, 0.3) is 0 Å². The third kappa shape index (κ3) is 35.2. The summed E-state index contributed by atoms with van der Waals surface area (Å²) in [4.78, 5) is 25.5. The van der Waals surface area contributed by atoms with Crippen LogP contribution in [0.1, 0.15) is 247 Å². The lowest BCUT2D eigenvalue weighted by atomic mass is 10.1. The van der Waals surface area contributed by atoms with E-state index in [0.717, 1.165) is 53.2 Å². The van der Waals surface area contributed by atoms with Crippen LogP contribution in [-0.2, 0) is 43.6 Å². The van der Waals surface area contributed by atoms with E-state index in [1.807, 2.05) is 72.8 Å². The number of benzene rings is 4. The van der Waals surface area contributed by atoms with E-state index in [-0.39, 0.29) is 65.0 Å². The maximum atomic E-state index is 13.9. The Morgan fingerprint density at radius 2 is 0.628 bits per heavy atom. The summed E-state index contributed by atoms with van der Waals surface area (Å²) in [5.41, 5.74) is 3.31. The zero-order valence-corrected chi connectivity index (χ0v) is 53.9. The van der Waals surface area contributed by atoms with Crippen molar-refractivity contribution in [1.29, 1.82) is 0 Å². The molecule has 12 nitrogen and oxygen atoms in total. The molecule has 0 unspecified atom stereocenters. The average Bonchev–Trinajstić information content (AvgIpc) is 2.28. The van der Waals surface area contributed by atoms with Crippen LogP contribution in [-0.4, -0.2) is 71.4 Å². The van der Waals surface area contributed by atoms with Crippen LogP contribution in [0.4, 0.5) is 0 Å². The molecular weight excluding hydrogens is 1080 g/mol. The van der Waals surface area contributed by atoms with Gasteiger partial charge in [0.25, 0.3) is 0 Å². The fourth-order valence-electron chi connectivity index (χ4n) is 9.83. The predicted molar refractivity (Wildman–Crippen MR) is 348 cm³/mol.